The summed E-state index contributed by atoms with van der Waals surface area (Å²) in [5.41, 5.74) is 5.28. The van der Waals surface area contributed by atoms with E-state index in [1.165, 1.54) is 5.56 Å². The molecule has 2 rings (SSSR count). The molecule has 0 aliphatic heterocycles. The Morgan fingerprint density at radius 3 is 2.05 bits per heavy atom. The fourth-order valence-corrected chi connectivity index (χ4v) is 2.33. The molecule has 0 heterocycles. The van der Waals surface area contributed by atoms with Crippen molar-refractivity contribution in [2.24, 2.45) is 0 Å². The summed E-state index contributed by atoms with van der Waals surface area (Å²) >= 11 is 3.53. The van der Waals surface area contributed by atoms with Crippen molar-refractivity contribution in [1.29, 1.82) is 0 Å². The molecule has 98 valence electrons. The SMILES string of the molecule is Cc1ccc(CC(=O)c2cc(C)c(Br)c(C)c2)cc1. The van der Waals surface area contributed by atoms with Gasteiger partial charge in [-0.15, -0.1) is 0 Å². The maximum atomic E-state index is 12.3. The molecule has 0 aliphatic carbocycles. The summed E-state index contributed by atoms with van der Waals surface area (Å²) in [5, 5.41) is 0. The van der Waals surface area contributed by atoms with E-state index in [-0.39, 0.29) is 5.78 Å². The number of hydrogen-bond acceptors (Lipinski definition) is 1. The maximum Gasteiger partial charge on any atom is 0.167 e. The lowest BCUT2D eigenvalue weighted by Crippen LogP contribution is -2.04. The van der Waals surface area contributed by atoms with Crippen LogP contribution in [0.2, 0.25) is 0 Å². The molecular formula is C17H17BrO. The number of carbonyl (C=O) groups is 1. The molecule has 2 aromatic rings. The van der Waals surface area contributed by atoms with Crippen molar-refractivity contribution in [3.8, 4) is 0 Å². The van der Waals surface area contributed by atoms with Gasteiger partial charge in [0.25, 0.3) is 0 Å². The second-order valence-electron chi connectivity index (χ2n) is 5.01. The molecule has 0 amide bonds. The standard InChI is InChI=1S/C17H17BrO/c1-11-4-6-14(7-5-11)10-16(19)15-8-12(2)17(18)13(3)9-15/h4-9H,10H2,1-3H3. The predicted octanol–water partition coefficient (Wildman–Crippen LogP) is 4.80. The van der Waals surface area contributed by atoms with Crippen LogP contribution in [0.25, 0.3) is 0 Å². The van der Waals surface area contributed by atoms with E-state index in [4.69, 9.17) is 0 Å². The predicted molar refractivity (Wildman–Crippen MR) is 82.8 cm³/mol. The van der Waals surface area contributed by atoms with Crippen molar-refractivity contribution in [3.63, 3.8) is 0 Å². The normalized spacial score (nSPS) is 10.5. The van der Waals surface area contributed by atoms with Crippen LogP contribution in [0, 0.1) is 20.8 Å². The van der Waals surface area contributed by atoms with Crippen molar-refractivity contribution in [2.45, 2.75) is 27.2 Å². The van der Waals surface area contributed by atoms with Crippen LogP contribution in [0.4, 0.5) is 0 Å². The monoisotopic (exact) mass is 316 g/mol. The Morgan fingerprint density at radius 2 is 1.53 bits per heavy atom. The van der Waals surface area contributed by atoms with E-state index in [0.29, 0.717) is 6.42 Å². The highest BCUT2D eigenvalue weighted by Gasteiger charge is 2.10. The first-order valence-electron chi connectivity index (χ1n) is 6.33. The van der Waals surface area contributed by atoms with E-state index in [2.05, 4.69) is 15.9 Å². The number of rotatable bonds is 3. The van der Waals surface area contributed by atoms with Gasteiger partial charge in [0.15, 0.2) is 5.78 Å². The minimum Gasteiger partial charge on any atom is -0.294 e. The first-order chi connectivity index (χ1) is 8.97. The fraction of sp³-hybridized carbons (Fsp3) is 0.235. The molecular weight excluding hydrogens is 300 g/mol. The Labute approximate surface area is 122 Å². The largest absolute Gasteiger partial charge is 0.294 e. The van der Waals surface area contributed by atoms with Crippen LogP contribution in [0.1, 0.15) is 32.6 Å². The van der Waals surface area contributed by atoms with Crippen LogP contribution in [0.3, 0.4) is 0 Å². The Bertz CT molecular complexity index is 589. The first kappa shape index (κ1) is 14.0. The molecule has 0 spiro atoms. The van der Waals surface area contributed by atoms with Gasteiger partial charge in [0.2, 0.25) is 0 Å². The van der Waals surface area contributed by atoms with Gasteiger partial charge in [-0.05, 0) is 49.6 Å². The number of Topliss-reactive ketones (excluding diaryl/α,β-unsaturated/α-hetero) is 1. The van der Waals surface area contributed by atoms with E-state index >= 15 is 0 Å². The summed E-state index contributed by atoms with van der Waals surface area (Å²) < 4.78 is 1.08. The van der Waals surface area contributed by atoms with Gasteiger partial charge in [0.05, 0.1) is 0 Å². The number of ketones is 1. The number of carbonyl (C=O) groups excluding carboxylic acids is 1. The Hall–Kier alpha value is -1.41. The van der Waals surface area contributed by atoms with Crippen LogP contribution in [0.5, 0.6) is 0 Å². The average Bonchev–Trinajstić information content (AvgIpc) is 2.38. The zero-order valence-corrected chi connectivity index (χ0v) is 13.0. The van der Waals surface area contributed by atoms with E-state index in [1.807, 2.05) is 57.2 Å². The lowest BCUT2D eigenvalue weighted by atomic mass is 9.99. The van der Waals surface area contributed by atoms with Crippen LogP contribution < -0.4 is 0 Å². The van der Waals surface area contributed by atoms with E-state index in [0.717, 1.165) is 26.7 Å². The summed E-state index contributed by atoms with van der Waals surface area (Å²) in [5.74, 6) is 0.169. The smallest absolute Gasteiger partial charge is 0.167 e. The maximum absolute atomic E-state index is 12.3. The summed E-state index contributed by atoms with van der Waals surface area (Å²) in [4.78, 5) is 12.3. The molecule has 0 saturated carbocycles. The molecule has 0 bridgehead atoms. The molecule has 19 heavy (non-hydrogen) atoms. The van der Waals surface area contributed by atoms with Crippen LogP contribution >= 0.6 is 15.9 Å². The fourth-order valence-electron chi connectivity index (χ4n) is 2.10. The molecule has 0 saturated heterocycles. The van der Waals surface area contributed by atoms with Crippen molar-refractivity contribution in [3.05, 3.63) is 68.7 Å². The zero-order valence-electron chi connectivity index (χ0n) is 11.5. The lowest BCUT2D eigenvalue weighted by Gasteiger charge is -2.07. The molecule has 2 heteroatoms. The molecule has 0 fully saturated rings. The third-order valence-electron chi connectivity index (χ3n) is 3.24. The number of halogens is 1. The highest BCUT2D eigenvalue weighted by Crippen LogP contribution is 2.23. The number of benzene rings is 2. The van der Waals surface area contributed by atoms with Gasteiger partial charge in [-0.2, -0.15) is 0 Å². The van der Waals surface area contributed by atoms with Crippen molar-refractivity contribution in [2.75, 3.05) is 0 Å². The highest BCUT2D eigenvalue weighted by molar-refractivity contribution is 9.10. The van der Waals surface area contributed by atoms with Crippen LogP contribution in [-0.2, 0) is 6.42 Å². The van der Waals surface area contributed by atoms with Gasteiger partial charge in [-0.3, -0.25) is 4.79 Å². The Morgan fingerprint density at radius 1 is 1.00 bits per heavy atom. The van der Waals surface area contributed by atoms with Gasteiger partial charge in [0.1, 0.15) is 0 Å². The third-order valence-corrected chi connectivity index (χ3v) is 4.49. The second-order valence-corrected chi connectivity index (χ2v) is 5.80. The second kappa shape index (κ2) is 5.70. The third kappa shape index (κ3) is 3.32. The zero-order chi connectivity index (χ0) is 14.0. The summed E-state index contributed by atoms with van der Waals surface area (Å²) in [7, 11) is 0. The Balaban J connectivity index is 2.23. The topological polar surface area (TPSA) is 17.1 Å². The van der Waals surface area contributed by atoms with E-state index in [1.54, 1.807) is 0 Å². The number of aryl methyl sites for hydroxylation is 3. The molecule has 0 atom stereocenters. The molecule has 2 aromatic carbocycles. The van der Waals surface area contributed by atoms with E-state index < -0.39 is 0 Å². The molecule has 0 aliphatic rings. The summed E-state index contributed by atoms with van der Waals surface area (Å²) in [6, 6.07) is 12.0. The Kier molecular flexibility index (Phi) is 4.20. The van der Waals surface area contributed by atoms with Crippen molar-refractivity contribution in [1.82, 2.24) is 0 Å². The molecule has 0 aromatic heterocycles. The highest BCUT2D eigenvalue weighted by atomic mass is 79.9. The van der Waals surface area contributed by atoms with Crippen molar-refractivity contribution < 1.29 is 4.79 Å². The molecule has 0 radical (unpaired) electrons. The lowest BCUT2D eigenvalue weighted by molar-refractivity contribution is 0.0993. The van der Waals surface area contributed by atoms with Gasteiger partial charge in [-0.1, -0.05) is 45.8 Å². The number of hydrogen-bond donors (Lipinski definition) is 0. The van der Waals surface area contributed by atoms with Gasteiger partial charge < -0.3 is 0 Å². The van der Waals surface area contributed by atoms with Crippen molar-refractivity contribution >= 4 is 21.7 Å². The quantitative estimate of drug-likeness (QED) is 0.743. The minimum absolute atomic E-state index is 0.169. The molecule has 0 N–H and O–H groups in total. The molecule has 1 nitrogen and oxygen atoms in total. The van der Waals surface area contributed by atoms with E-state index in [9.17, 15) is 4.79 Å². The van der Waals surface area contributed by atoms with Gasteiger partial charge in [-0.25, -0.2) is 0 Å². The van der Waals surface area contributed by atoms with Crippen LogP contribution in [0.15, 0.2) is 40.9 Å². The average molecular weight is 317 g/mol. The van der Waals surface area contributed by atoms with Gasteiger partial charge in [0, 0.05) is 16.5 Å². The minimum atomic E-state index is 0.169. The summed E-state index contributed by atoms with van der Waals surface area (Å²) in [6.45, 7) is 6.08. The molecule has 0 unspecified atom stereocenters. The van der Waals surface area contributed by atoms with Gasteiger partial charge >= 0.3 is 0 Å². The first-order valence-corrected chi connectivity index (χ1v) is 7.12. The summed E-state index contributed by atoms with van der Waals surface area (Å²) in [6.07, 6.45) is 0.459. The van der Waals surface area contributed by atoms with Crippen LogP contribution in [-0.4, -0.2) is 5.78 Å².